The van der Waals surface area contributed by atoms with E-state index in [0.717, 1.165) is 36.1 Å². The first-order valence-corrected chi connectivity index (χ1v) is 10.1. The summed E-state index contributed by atoms with van der Waals surface area (Å²) in [6.07, 6.45) is 2.80. The van der Waals surface area contributed by atoms with Crippen LogP contribution in [-0.4, -0.2) is 44.8 Å². The number of carbonyl (C=O) groups is 2. The summed E-state index contributed by atoms with van der Waals surface area (Å²) < 4.78 is 16.2. The van der Waals surface area contributed by atoms with E-state index in [-0.39, 0.29) is 24.2 Å². The molecular weight excluding hydrogens is 373 g/mol. The summed E-state index contributed by atoms with van der Waals surface area (Å²) in [6, 6.07) is 4.88. The molecule has 1 aliphatic heterocycles. The molecule has 4 rings (SSSR count). The molecule has 1 unspecified atom stereocenters. The van der Waals surface area contributed by atoms with Crippen LogP contribution in [0, 0.1) is 24.1 Å². The van der Waals surface area contributed by atoms with Gasteiger partial charge in [0.15, 0.2) is 5.69 Å². The number of carboxylic acids is 1. The predicted octanol–water partition coefficient (Wildman–Crippen LogP) is 3.38. The molecule has 0 saturated carbocycles. The third-order valence-electron chi connectivity index (χ3n) is 6.65. The topological polar surface area (TPSA) is 75.4 Å². The van der Waals surface area contributed by atoms with E-state index in [2.05, 4.69) is 5.10 Å². The van der Waals surface area contributed by atoms with Crippen LogP contribution < -0.4 is 0 Å². The number of nitrogens with zero attached hydrogens (tertiary/aromatic N) is 3. The SMILES string of the molecule is Cc1cccc(F)c1-n1nc(C(=O)N2CCC(C(=O)O)(C(C)C)C2)c2c1CCC2. The molecule has 1 amide bonds. The molecule has 1 N–H and O–H groups in total. The minimum absolute atomic E-state index is 0.0814. The van der Waals surface area contributed by atoms with E-state index in [0.29, 0.717) is 24.3 Å². The molecule has 1 saturated heterocycles. The molecule has 0 spiro atoms. The lowest BCUT2D eigenvalue weighted by Gasteiger charge is -2.28. The summed E-state index contributed by atoms with van der Waals surface area (Å²) in [4.78, 5) is 26.8. The van der Waals surface area contributed by atoms with Crippen LogP contribution in [0.25, 0.3) is 5.69 Å². The van der Waals surface area contributed by atoms with Crippen LogP contribution in [0.3, 0.4) is 0 Å². The second kappa shape index (κ2) is 6.97. The fourth-order valence-corrected chi connectivity index (χ4v) is 4.73. The number of amides is 1. The first-order chi connectivity index (χ1) is 13.8. The summed E-state index contributed by atoms with van der Waals surface area (Å²) >= 11 is 0. The van der Waals surface area contributed by atoms with Gasteiger partial charge in [0.25, 0.3) is 5.91 Å². The third-order valence-corrected chi connectivity index (χ3v) is 6.65. The van der Waals surface area contributed by atoms with Gasteiger partial charge in [0, 0.05) is 24.3 Å². The number of rotatable bonds is 4. The van der Waals surface area contributed by atoms with Crippen molar-refractivity contribution >= 4 is 11.9 Å². The largest absolute Gasteiger partial charge is 0.481 e. The van der Waals surface area contributed by atoms with Gasteiger partial charge in [-0.2, -0.15) is 5.10 Å². The van der Waals surface area contributed by atoms with Crippen LogP contribution in [0.2, 0.25) is 0 Å². The standard InChI is InChI=1S/C22H26FN3O3/c1-13(2)22(21(28)29)10-11-25(12-22)20(27)18-15-7-5-9-17(15)26(24-18)19-14(3)6-4-8-16(19)23/h4,6,8,13H,5,7,9-12H2,1-3H3,(H,28,29). The van der Waals surface area contributed by atoms with E-state index in [1.54, 1.807) is 15.6 Å². The van der Waals surface area contributed by atoms with Gasteiger partial charge in [-0.15, -0.1) is 0 Å². The van der Waals surface area contributed by atoms with Gasteiger partial charge in [-0.25, -0.2) is 9.07 Å². The summed E-state index contributed by atoms with van der Waals surface area (Å²) in [6.45, 7) is 6.17. The van der Waals surface area contributed by atoms with Gasteiger partial charge in [-0.1, -0.05) is 26.0 Å². The molecule has 29 heavy (non-hydrogen) atoms. The fraction of sp³-hybridized carbons (Fsp3) is 0.500. The number of carboxylic acid groups (broad SMARTS) is 1. The molecule has 1 atom stereocenters. The van der Waals surface area contributed by atoms with Gasteiger partial charge in [0.05, 0.1) is 5.41 Å². The molecule has 1 fully saturated rings. The Labute approximate surface area is 169 Å². The summed E-state index contributed by atoms with van der Waals surface area (Å²) in [5.74, 6) is -1.56. The Balaban J connectivity index is 1.72. The number of carbonyl (C=O) groups excluding carboxylic acids is 1. The number of aromatic nitrogens is 2. The zero-order chi connectivity index (χ0) is 20.9. The Bertz CT molecular complexity index is 977. The van der Waals surface area contributed by atoms with Crippen molar-refractivity contribution in [1.82, 2.24) is 14.7 Å². The predicted molar refractivity (Wildman–Crippen MR) is 106 cm³/mol. The van der Waals surface area contributed by atoms with Gasteiger partial charge in [0.1, 0.15) is 11.5 Å². The average Bonchev–Trinajstić information content (AvgIpc) is 3.37. The second-order valence-corrected chi connectivity index (χ2v) is 8.54. The van der Waals surface area contributed by atoms with Crippen molar-refractivity contribution < 1.29 is 19.1 Å². The molecule has 1 aromatic heterocycles. The lowest BCUT2D eigenvalue weighted by Crippen LogP contribution is -2.40. The number of hydrogen-bond donors (Lipinski definition) is 1. The number of aliphatic carboxylic acids is 1. The Morgan fingerprint density at radius 1 is 1.28 bits per heavy atom. The number of likely N-dealkylation sites (tertiary alicyclic amines) is 1. The van der Waals surface area contributed by atoms with E-state index in [1.807, 2.05) is 26.8 Å². The van der Waals surface area contributed by atoms with Gasteiger partial charge >= 0.3 is 5.97 Å². The van der Waals surface area contributed by atoms with Crippen LogP contribution in [0.4, 0.5) is 4.39 Å². The van der Waals surface area contributed by atoms with E-state index < -0.39 is 11.4 Å². The Morgan fingerprint density at radius 2 is 2.03 bits per heavy atom. The zero-order valence-corrected chi connectivity index (χ0v) is 17.0. The van der Waals surface area contributed by atoms with Gasteiger partial charge in [-0.3, -0.25) is 9.59 Å². The van der Waals surface area contributed by atoms with Crippen molar-refractivity contribution in [3.05, 3.63) is 46.5 Å². The molecule has 0 radical (unpaired) electrons. The molecule has 2 heterocycles. The smallest absolute Gasteiger partial charge is 0.311 e. The van der Waals surface area contributed by atoms with Gasteiger partial charge in [-0.05, 0) is 50.2 Å². The highest BCUT2D eigenvalue weighted by Crippen LogP contribution is 2.39. The highest BCUT2D eigenvalue weighted by Gasteiger charge is 2.49. The Hall–Kier alpha value is -2.70. The molecule has 2 aliphatic rings. The molecule has 7 heteroatoms. The highest BCUT2D eigenvalue weighted by atomic mass is 19.1. The lowest BCUT2D eigenvalue weighted by atomic mass is 9.76. The van der Waals surface area contributed by atoms with Crippen molar-refractivity contribution in [1.29, 1.82) is 0 Å². The Kier molecular flexibility index (Phi) is 4.71. The van der Waals surface area contributed by atoms with Crippen molar-refractivity contribution in [2.75, 3.05) is 13.1 Å². The van der Waals surface area contributed by atoms with Crippen LogP contribution in [0.5, 0.6) is 0 Å². The molecule has 0 bridgehead atoms. The van der Waals surface area contributed by atoms with Crippen LogP contribution in [0.1, 0.15) is 54.0 Å². The molecular formula is C22H26FN3O3. The number of halogens is 1. The molecule has 154 valence electrons. The van der Waals surface area contributed by atoms with Crippen molar-refractivity contribution in [2.24, 2.45) is 11.3 Å². The third kappa shape index (κ3) is 2.94. The summed E-state index contributed by atoms with van der Waals surface area (Å²) in [7, 11) is 0. The Morgan fingerprint density at radius 3 is 2.66 bits per heavy atom. The first-order valence-electron chi connectivity index (χ1n) is 10.1. The van der Waals surface area contributed by atoms with Crippen LogP contribution in [0.15, 0.2) is 18.2 Å². The van der Waals surface area contributed by atoms with Crippen molar-refractivity contribution in [3.8, 4) is 5.69 Å². The quantitative estimate of drug-likeness (QED) is 0.855. The normalized spacial score (nSPS) is 21.1. The second-order valence-electron chi connectivity index (χ2n) is 8.54. The maximum absolute atomic E-state index is 14.6. The minimum atomic E-state index is -0.927. The van der Waals surface area contributed by atoms with E-state index in [1.165, 1.54) is 6.07 Å². The zero-order valence-electron chi connectivity index (χ0n) is 17.0. The van der Waals surface area contributed by atoms with Gasteiger partial charge < -0.3 is 10.0 Å². The lowest BCUT2D eigenvalue weighted by molar-refractivity contribution is -0.150. The van der Waals surface area contributed by atoms with E-state index in [9.17, 15) is 19.1 Å². The summed E-state index contributed by atoms with van der Waals surface area (Å²) in [5.41, 5.74) is 2.30. The molecule has 1 aromatic carbocycles. The number of fused-ring (bicyclic) bond motifs is 1. The number of hydrogen-bond acceptors (Lipinski definition) is 3. The maximum atomic E-state index is 14.6. The van der Waals surface area contributed by atoms with Crippen LogP contribution in [-0.2, 0) is 17.6 Å². The number of para-hydroxylation sites is 1. The minimum Gasteiger partial charge on any atom is -0.481 e. The average molecular weight is 399 g/mol. The van der Waals surface area contributed by atoms with Crippen molar-refractivity contribution in [2.45, 2.75) is 46.5 Å². The molecule has 6 nitrogen and oxygen atoms in total. The highest BCUT2D eigenvalue weighted by molar-refractivity contribution is 5.95. The number of aryl methyl sites for hydroxylation is 1. The van der Waals surface area contributed by atoms with Gasteiger partial charge in [0.2, 0.25) is 0 Å². The van der Waals surface area contributed by atoms with E-state index in [4.69, 9.17) is 0 Å². The molecule has 2 aromatic rings. The maximum Gasteiger partial charge on any atom is 0.311 e. The van der Waals surface area contributed by atoms with Crippen LogP contribution >= 0.6 is 0 Å². The molecule has 1 aliphatic carbocycles. The summed E-state index contributed by atoms with van der Waals surface area (Å²) in [5, 5.41) is 14.3. The fourth-order valence-electron chi connectivity index (χ4n) is 4.73. The number of benzene rings is 1. The monoisotopic (exact) mass is 399 g/mol. The van der Waals surface area contributed by atoms with E-state index >= 15 is 0 Å². The first kappa shape index (κ1) is 19.6. The van der Waals surface area contributed by atoms with Crippen molar-refractivity contribution in [3.63, 3.8) is 0 Å².